The van der Waals surface area contributed by atoms with Crippen molar-refractivity contribution in [1.29, 1.82) is 0 Å². The monoisotopic (exact) mass is 244 g/mol. The van der Waals surface area contributed by atoms with E-state index in [0.29, 0.717) is 26.1 Å². The fraction of sp³-hybridized carbons (Fsp3) is 0.917. The van der Waals surface area contributed by atoms with Crippen LogP contribution in [-0.2, 0) is 9.53 Å². The van der Waals surface area contributed by atoms with Crippen molar-refractivity contribution >= 4 is 5.97 Å². The molecule has 0 aromatic heterocycles. The molecule has 1 atom stereocenters. The predicted octanol–water partition coefficient (Wildman–Crippen LogP) is 0.678. The van der Waals surface area contributed by atoms with E-state index in [9.17, 15) is 9.90 Å². The summed E-state index contributed by atoms with van der Waals surface area (Å²) in [6, 6.07) is -0.512. The zero-order valence-electron chi connectivity index (χ0n) is 11.2. The van der Waals surface area contributed by atoms with Crippen LogP contribution in [0.5, 0.6) is 0 Å². The third-order valence-corrected chi connectivity index (χ3v) is 2.89. The van der Waals surface area contributed by atoms with Gasteiger partial charge in [0, 0.05) is 13.1 Å². The summed E-state index contributed by atoms with van der Waals surface area (Å²) in [7, 11) is 0. The van der Waals surface area contributed by atoms with Gasteiger partial charge in [-0.1, -0.05) is 0 Å². The SMILES string of the molecule is CC1(C)CN(C(CCN)C(=O)O)CC(C)(C)O1. The maximum Gasteiger partial charge on any atom is 0.320 e. The molecule has 1 saturated heterocycles. The zero-order valence-corrected chi connectivity index (χ0v) is 11.2. The summed E-state index contributed by atoms with van der Waals surface area (Å²) in [5.74, 6) is -0.802. The standard InChI is InChI=1S/C12H24N2O3/c1-11(2)7-14(8-12(3,4)17-11)9(5-6-13)10(15)16/h9H,5-8,13H2,1-4H3,(H,15,16). The summed E-state index contributed by atoms with van der Waals surface area (Å²) in [5.41, 5.74) is 4.83. The lowest BCUT2D eigenvalue weighted by Crippen LogP contribution is -2.61. The van der Waals surface area contributed by atoms with Crippen molar-refractivity contribution in [2.75, 3.05) is 19.6 Å². The van der Waals surface area contributed by atoms with E-state index in [4.69, 9.17) is 10.5 Å². The number of morpholine rings is 1. The molecule has 17 heavy (non-hydrogen) atoms. The molecule has 1 rings (SSSR count). The van der Waals surface area contributed by atoms with Gasteiger partial charge >= 0.3 is 5.97 Å². The minimum absolute atomic E-state index is 0.329. The Morgan fingerprint density at radius 1 is 1.35 bits per heavy atom. The second kappa shape index (κ2) is 4.92. The van der Waals surface area contributed by atoms with E-state index >= 15 is 0 Å². The van der Waals surface area contributed by atoms with Gasteiger partial charge in [0.1, 0.15) is 6.04 Å². The van der Waals surface area contributed by atoms with Crippen molar-refractivity contribution in [3.63, 3.8) is 0 Å². The van der Waals surface area contributed by atoms with Gasteiger partial charge in [-0.15, -0.1) is 0 Å². The van der Waals surface area contributed by atoms with E-state index in [1.807, 2.05) is 32.6 Å². The van der Waals surface area contributed by atoms with Gasteiger partial charge in [-0.05, 0) is 40.7 Å². The highest BCUT2D eigenvalue weighted by Gasteiger charge is 2.41. The number of aliphatic carboxylic acids is 1. The maximum atomic E-state index is 11.3. The Bertz CT molecular complexity index is 273. The molecule has 3 N–H and O–H groups in total. The molecule has 1 aliphatic rings. The second-order valence-corrected chi connectivity index (χ2v) is 5.96. The molecule has 0 saturated carbocycles. The Labute approximate surface area is 103 Å². The van der Waals surface area contributed by atoms with Crippen LogP contribution in [0.15, 0.2) is 0 Å². The average molecular weight is 244 g/mol. The first kappa shape index (κ1) is 14.4. The van der Waals surface area contributed by atoms with E-state index in [2.05, 4.69) is 0 Å². The highest BCUT2D eigenvalue weighted by Crippen LogP contribution is 2.29. The molecule has 1 unspecified atom stereocenters. The van der Waals surface area contributed by atoms with E-state index < -0.39 is 12.0 Å². The molecular weight excluding hydrogens is 220 g/mol. The van der Waals surface area contributed by atoms with Crippen molar-refractivity contribution in [2.45, 2.75) is 51.4 Å². The molecule has 1 fully saturated rings. The number of rotatable bonds is 4. The normalized spacial score (nSPS) is 25.5. The highest BCUT2D eigenvalue weighted by molar-refractivity contribution is 5.73. The summed E-state index contributed by atoms with van der Waals surface area (Å²) in [6.07, 6.45) is 0.474. The van der Waals surface area contributed by atoms with Crippen LogP contribution in [0.2, 0.25) is 0 Å². The number of nitrogens with two attached hydrogens (primary N) is 1. The number of nitrogens with zero attached hydrogens (tertiary/aromatic N) is 1. The first-order valence-electron chi connectivity index (χ1n) is 6.04. The van der Waals surface area contributed by atoms with E-state index in [1.165, 1.54) is 0 Å². The van der Waals surface area contributed by atoms with Gasteiger partial charge in [-0.25, -0.2) is 0 Å². The van der Waals surface area contributed by atoms with Crippen molar-refractivity contribution in [2.24, 2.45) is 5.73 Å². The first-order chi connectivity index (χ1) is 7.67. The number of ether oxygens (including phenoxy) is 1. The minimum Gasteiger partial charge on any atom is -0.480 e. The molecular formula is C12H24N2O3. The molecule has 0 aliphatic carbocycles. The molecule has 5 heteroatoms. The number of hydrogen-bond acceptors (Lipinski definition) is 4. The smallest absolute Gasteiger partial charge is 0.320 e. The summed E-state index contributed by atoms with van der Waals surface area (Å²) >= 11 is 0. The van der Waals surface area contributed by atoms with E-state index in [-0.39, 0.29) is 11.2 Å². The van der Waals surface area contributed by atoms with E-state index in [0.717, 1.165) is 0 Å². The lowest BCUT2D eigenvalue weighted by molar-refractivity contribution is -0.192. The van der Waals surface area contributed by atoms with Crippen LogP contribution in [0.1, 0.15) is 34.1 Å². The molecule has 0 aromatic carbocycles. The Kier molecular flexibility index (Phi) is 4.17. The predicted molar refractivity (Wildman–Crippen MR) is 65.9 cm³/mol. The summed E-state index contributed by atoms with van der Waals surface area (Å²) in [4.78, 5) is 13.2. The summed E-state index contributed by atoms with van der Waals surface area (Å²) in [5, 5.41) is 9.26. The van der Waals surface area contributed by atoms with Crippen LogP contribution in [0.3, 0.4) is 0 Å². The lowest BCUT2D eigenvalue weighted by atomic mass is 9.96. The fourth-order valence-corrected chi connectivity index (χ4v) is 2.69. The quantitative estimate of drug-likeness (QED) is 0.760. The zero-order chi connectivity index (χ0) is 13.3. The molecule has 0 amide bonds. The molecule has 0 radical (unpaired) electrons. The largest absolute Gasteiger partial charge is 0.480 e. The van der Waals surface area contributed by atoms with Gasteiger partial charge < -0.3 is 15.6 Å². The molecule has 1 aliphatic heterocycles. The second-order valence-electron chi connectivity index (χ2n) is 5.96. The number of hydrogen-bond donors (Lipinski definition) is 2. The van der Waals surface area contributed by atoms with Crippen LogP contribution >= 0.6 is 0 Å². The van der Waals surface area contributed by atoms with Gasteiger partial charge in [-0.2, -0.15) is 0 Å². The maximum absolute atomic E-state index is 11.3. The van der Waals surface area contributed by atoms with E-state index in [1.54, 1.807) is 0 Å². The molecule has 5 nitrogen and oxygen atoms in total. The third kappa shape index (κ3) is 3.94. The minimum atomic E-state index is -0.802. The number of carboxylic acids is 1. The van der Waals surface area contributed by atoms with Crippen LogP contribution in [0.4, 0.5) is 0 Å². The van der Waals surface area contributed by atoms with Crippen LogP contribution in [0.25, 0.3) is 0 Å². The average Bonchev–Trinajstić information content (AvgIpc) is 2.08. The molecule has 1 heterocycles. The van der Waals surface area contributed by atoms with Gasteiger partial charge in [-0.3, -0.25) is 9.69 Å². The Morgan fingerprint density at radius 2 is 1.82 bits per heavy atom. The highest BCUT2D eigenvalue weighted by atomic mass is 16.5. The van der Waals surface area contributed by atoms with Gasteiger partial charge in [0.05, 0.1) is 11.2 Å². The van der Waals surface area contributed by atoms with Crippen molar-refractivity contribution in [1.82, 2.24) is 4.90 Å². The summed E-state index contributed by atoms with van der Waals surface area (Å²) in [6.45, 7) is 9.57. The topological polar surface area (TPSA) is 75.8 Å². The van der Waals surface area contributed by atoms with Gasteiger partial charge in [0.2, 0.25) is 0 Å². The third-order valence-electron chi connectivity index (χ3n) is 2.89. The Balaban J connectivity index is 2.84. The van der Waals surface area contributed by atoms with Gasteiger partial charge in [0.25, 0.3) is 0 Å². The molecule has 100 valence electrons. The summed E-state index contributed by atoms with van der Waals surface area (Å²) < 4.78 is 5.93. The van der Waals surface area contributed by atoms with Crippen molar-refractivity contribution < 1.29 is 14.6 Å². The lowest BCUT2D eigenvalue weighted by Gasteiger charge is -2.48. The number of carbonyl (C=O) groups is 1. The Morgan fingerprint density at radius 3 is 2.18 bits per heavy atom. The first-order valence-corrected chi connectivity index (χ1v) is 6.04. The van der Waals surface area contributed by atoms with Crippen LogP contribution < -0.4 is 5.73 Å². The molecule has 0 spiro atoms. The molecule has 0 bridgehead atoms. The molecule has 0 aromatic rings. The fourth-order valence-electron chi connectivity index (χ4n) is 2.69. The number of carboxylic acid groups (broad SMARTS) is 1. The van der Waals surface area contributed by atoms with Crippen LogP contribution in [-0.4, -0.2) is 52.9 Å². The van der Waals surface area contributed by atoms with Crippen LogP contribution in [0, 0.1) is 0 Å². The van der Waals surface area contributed by atoms with Crippen molar-refractivity contribution in [3.8, 4) is 0 Å². The Hall–Kier alpha value is -0.650. The van der Waals surface area contributed by atoms with Crippen molar-refractivity contribution in [3.05, 3.63) is 0 Å². The van der Waals surface area contributed by atoms with Gasteiger partial charge in [0.15, 0.2) is 0 Å².